The van der Waals surface area contributed by atoms with Crippen LogP contribution in [0, 0.1) is 5.92 Å². The monoisotopic (exact) mass is 333 g/mol. The molecule has 2 aromatic rings. The summed E-state index contributed by atoms with van der Waals surface area (Å²) in [4.78, 5) is 16.0. The number of hydrogen-bond acceptors (Lipinski definition) is 4. The van der Waals surface area contributed by atoms with E-state index in [4.69, 9.17) is 0 Å². The first kappa shape index (κ1) is 15.7. The van der Waals surface area contributed by atoms with Crippen molar-refractivity contribution in [1.82, 2.24) is 14.9 Å². The maximum absolute atomic E-state index is 12.0. The van der Waals surface area contributed by atoms with Gasteiger partial charge in [-0.3, -0.25) is 4.79 Å². The third-order valence-electron chi connectivity index (χ3n) is 4.02. The summed E-state index contributed by atoms with van der Waals surface area (Å²) < 4.78 is 24.8. The number of rotatable bonds is 5. The Hall–Kier alpha value is -2.15. The number of carbonyl (C=O) groups excluding carboxylic acids is 1. The smallest absolute Gasteiger partial charge is 0.224 e. The fraction of sp³-hybridized carbons (Fsp3) is 0.375. The van der Waals surface area contributed by atoms with Crippen molar-refractivity contribution in [2.45, 2.75) is 19.5 Å². The van der Waals surface area contributed by atoms with Crippen LogP contribution in [-0.2, 0) is 27.7 Å². The Morgan fingerprint density at radius 3 is 2.61 bits per heavy atom. The van der Waals surface area contributed by atoms with Crippen LogP contribution in [0.15, 0.2) is 43.0 Å². The normalized spacial score (nSPS) is 19.6. The summed E-state index contributed by atoms with van der Waals surface area (Å²) in [5.74, 6) is -0.481. The van der Waals surface area contributed by atoms with Crippen LogP contribution in [0.25, 0.3) is 0 Å². The van der Waals surface area contributed by atoms with E-state index in [0.717, 1.165) is 17.7 Å². The lowest BCUT2D eigenvalue weighted by atomic mass is 10.1. The molecule has 0 unspecified atom stereocenters. The van der Waals surface area contributed by atoms with E-state index in [9.17, 15) is 13.2 Å². The molecule has 23 heavy (non-hydrogen) atoms. The molecule has 0 saturated carbocycles. The van der Waals surface area contributed by atoms with Gasteiger partial charge in [0.25, 0.3) is 0 Å². The zero-order chi connectivity index (χ0) is 16.3. The third kappa shape index (κ3) is 4.19. The Balaban J connectivity index is 1.51. The quantitative estimate of drug-likeness (QED) is 0.884. The highest BCUT2D eigenvalue weighted by Crippen LogP contribution is 2.18. The lowest BCUT2D eigenvalue weighted by Gasteiger charge is -2.10. The van der Waals surface area contributed by atoms with Gasteiger partial charge in [0.2, 0.25) is 5.91 Å². The van der Waals surface area contributed by atoms with E-state index in [0.29, 0.717) is 13.0 Å². The number of imidazole rings is 1. The molecule has 122 valence electrons. The summed E-state index contributed by atoms with van der Waals surface area (Å²) in [5.41, 5.74) is 2.15. The Labute approximate surface area is 135 Å². The Morgan fingerprint density at radius 2 is 2.00 bits per heavy atom. The molecule has 1 saturated heterocycles. The van der Waals surface area contributed by atoms with Crippen LogP contribution in [0.2, 0.25) is 0 Å². The number of aromatic nitrogens is 2. The Morgan fingerprint density at radius 1 is 1.26 bits per heavy atom. The number of hydrogen-bond donors (Lipinski definition) is 1. The van der Waals surface area contributed by atoms with Crippen LogP contribution in [0.1, 0.15) is 17.5 Å². The second kappa shape index (κ2) is 6.54. The number of nitrogens with zero attached hydrogens (tertiary/aromatic N) is 2. The van der Waals surface area contributed by atoms with E-state index in [1.54, 1.807) is 12.5 Å². The predicted molar refractivity (Wildman–Crippen MR) is 86.4 cm³/mol. The van der Waals surface area contributed by atoms with E-state index in [1.807, 2.05) is 35.0 Å². The summed E-state index contributed by atoms with van der Waals surface area (Å²) in [6.07, 6.45) is 5.85. The van der Waals surface area contributed by atoms with Crippen molar-refractivity contribution >= 4 is 15.7 Å². The first-order valence-corrected chi connectivity index (χ1v) is 9.36. The van der Waals surface area contributed by atoms with Gasteiger partial charge < -0.3 is 9.88 Å². The van der Waals surface area contributed by atoms with Crippen molar-refractivity contribution in [1.29, 1.82) is 0 Å². The molecule has 0 spiro atoms. The third-order valence-corrected chi connectivity index (χ3v) is 5.79. The molecule has 1 aromatic carbocycles. The second-order valence-corrected chi connectivity index (χ2v) is 8.10. The van der Waals surface area contributed by atoms with Crippen LogP contribution < -0.4 is 5.32 Å². The molecular formula is C16H19N3O3S. The SMILES string of the molecule is O=C(NCc1ccc(Cn2ccnc2)cc1)[C@H]1CCS(=O)(=O)C1. The van der Waals surface area contributed by atoms with Crippen LogP contribution in [0.5, 0.6) is 0 Å². The molecule has 7 heteroatoms. The largest absolute Gasteiger partial charge is 0.352 e. The van der Waals surface area contributed by atoms with Gasteiger partial charge in [0.1, 0.15) is 0 Å². The molecule has 1 N–H and O–H groups in total. The van der Waals surface area contributed by atoms with Crippen molar-refractivity contribution in [2.75, 3.05) is 11.5 Å². The fourth-order valence-corrected chi connectivity index (χ4v) is 4.43. The molecule has 3 rings (SSSR count). The molecule has 1 atom stereocenters. The first-order chi connectivity index (χ1) is 11.0. The Kier molecular flexibility index (Phi) is 4.47. The molecular weight excluding hydrogens is 314 g/mol. The summed E-state index contributed by atoms with van der Waals surface area (Å²) in [6.45, 7) is 1.17. The zero-order valence-electron chi connectivity index (χ0n) is 12.7. The number of amides is 1. The van der Waals surface area contributed by atoms with Gasteiger partial charge >= 0.3 is 0 Å². The number of sulfone groups is 1. The van der Waals surface area contributed by atoms with Crippen LogP contribution in [-0.4, -0.2) is 35.4 Å². The fourth-order valence-electron chi connectivity index (χ4n) is 2.69. The van der Waals surface area contributed by atoms with Gasteiger partial charge in [-0.05, 0) is 17.5 Å². The second-order valence-electron chi connectivity index (χ2n) is 5.87. The molecule has 6 nitrogen and oxygen atoms in total. The minimum atomic E-state index is -3.02. The topological polar surface area (TPSA) is 81.1 Å². The average molecular weight is 333 g/mol. The maximum Gasteiger partial charge on any atom is 0.224 e. The molecule has 0 aliphatic carbocycles. The Bertz CT molecular complexity index is 767. The molecule has 1 amide bonds. The van der Waals surface area contributed by atoms with Crippen molar-refractivity contribution < 1.29 is 13.2 Å². The molecule has 1 aliphatic heterocycles. The minimum Gasteiger partial charge on any atom is -0.352 e. The average Bonchev–Trinajstić information content (AvgIpc) is 3.15. The molecule has 0 radical (unpaired) electrons. The van der Waals surface area contributed by atoms with E-state index >= 15 is 0 Å². The van der Waals surface area contributed by atoms with E-state index in [1.165, 1.54) is 0 Å². The summed E-state index contributed by atoms with van der Waals surface area (Å²) in [6, 6.07) is 7.97. The molecule has 1 aromatic heterocycles. The molecule has 2 heterocycles. The summed E-state index contributed by atoms with van der Waals surface area (Å²) in [5, 5.41) is 2.83. The van der Waals surface area contributed by atoms with Crippen molar-refractivity contribution in [3.05, 3.63) is 54.1 Å². The first-order valence-electron chi connectivity index (χ1n) is 7.53. The van der Waals surface area contributed by atoms with Crippen LogP contribution >= 0.6 is 0 Å². The van der Waals surface area contributed by atoms with Crippen molar-refractivity contribution in [3.8, 4) is 0 Å². The standard InChI is InChI=1S/C16H19N3O3S/c20-16(15-5-8-23(21,22)11-15)18-9-13-1-3-14(4-2-13)10-19-7-6-17-12-19/h1-4,6-7,12,15H,5,8-11H2,(H,18,20)/t15-/m0/s1. The number of benzene rings is 1. The van der Waals surface area contributed by atoms with Gasteiger partial charge in [-0.15, -0.1) is 0 Å². The number of carbonyl (C=O) groups is 1. The zero-order valence-corrected chi connectivity index (χ0v) is 13.5. The lowest BCUT2D eigenvalue weighted by molar-refractivity contribution is -0.124. The van der Waals surface area contributed by atoms with E-state index in [-0.39, 0.29) is 17.4 Å². The van der Waals surface area contributed by atoms with Crippen LogP contribution in [0.4, 0.5) is 0 Å². The number of nitrogens with one attached hydrogen (secondary N) is 1. The van der Waals surface area contributed by atoms with Gasteiger partial charge in [-0.1, -0.05) is 24.3 Å². The summed E-state index contributed by atoms with van der Waals surface area (Å²) in [7, 11) is -3.02. The maximum atomic E-state index is 12.0. The van der Waals surface area contributed by atoms with E-state index in [2.05, 4.69) is 10.3 Å². The highest BCUT2D eigenvalue weighted by atomic mass is 32.2. The molecule has 1 fully saturated rings. The van der Waals surface area contributed by atoms with Gasteiger partial charge in [0.05, 0.1) is 23.8 Å². The van der Waals surface area contributed by atoms with Crippen LogP contribution in [0.3, 0.4) is 0 Å². The highest BCUT2D eigenvalue weighted by Gasteiger charge is 2.32. The molecule has 0 bridgehead atoms. The highest BCUT2D eigenvalue weighted by molar-refractivity contribution is 7.91. The van der Waals surface area contributed by atoms with E-state index < -0.39 is 15.8 Å². The van der Waals surface area contributed by atoms with Gasteiger partial charge in [0.15, 0.2) is 9.84 Å². The van der Waals surface area contributed by atoms with Gasteiger partial charge in [0, 0.05) is 25.5 Å². The molecule has 1 aliphatic rings. The van der Waals surface area contributed by atoms with Crippen molar-refractivity contribution in [2.24, 2.45) is 5.92 Å². The van der Waals surface area contributed by atoms with Gasteiger partial charge in [-0.2, -0.15) is 0 Å². The van der Waals surface area contributed by atoms with Gasteiger partial charge in [-0.25, -0.2) is 13.4 Å². The minimum absolute atomic E-state index is 0.0251. The summed E-state index contributed by atoms with van der Waals surface area (Å²) >= 11 is 0. The van der Waals surface area contributed by atoms with Crippen molar-refractivity contribution in [3.63, 3.8) is 0 Å². The predicted octanol–water partition coefficient (Wildman–Crippen LogP) is 0.982. The lowest BCUT2D eigenvalue weighted by Crippen LogP contribution is -2.30.